The molecule has 0 fully saturated rings. The van der Waals surface area contributed by atoms with Crippen LogP contribution < -0.4 is 37.9 Å². The van der Waals surface area contributed by atoms with E-state index in [2.05, 4.69) is 123 Å². The third kappa shape index (κ3) is 47.0. The summed E-state index contributed by atoms with van der Waals surface area (Å²) in [5, 5.41) is 63.7. The Morgan fingerprint density at radius 3 is 0.934 bits per heavy atom. The van der Waals surface area contributed by atoms with Crippen molar-refractivity contribution in [2.75, 3.05) is 33.2 Å². The number of aromatic hydroxyl groups is 7. The van der Waals surface area contributed by atoms with Gasteiger partial charge in [-0.2, -0.15) is 0 Å². The van der Waals surface area contributed by atoms with Crippen LogP contribution >= 0.6 is 0 Å². The maximum atomic E-state index is 12.0. The van der Waals surface area contributed by atoms with E-state index in [-0.39, 0.29) is 71.7 Å². The molecular weight excluding hydrogens is 1740 g/mol. The van der Waals surface area contributed by atoms with Gasteiger partial charge in [0.25, 0.3) is 0 Å². The Morgan fingerprint density at radius 1 is 0.294 bits per heavy atom. The lowest BCUT2D eigenvalue weighted by molar-refractivity contribution is -0.158. The maximum absolute atomic E-state index is 12.0. The van der Waals surface area contributed by atoms with Crippen molar-refractivity contribution in [3.8, 4) is 86.2 Å². The van der Waals surface area contributed by atoms with E-state index >= 15 is 0 Å². The summed E-state index contributed by atoms with van der Waals surface area (Å²) in [6, 6.07) is 44.7. The summed E-state index contributed by atoms with van der Waals surface area (Å²) in [6.07, 6.45) is 5.37. The fourth-order valence-electron chi connectivity index (χ4n) is 11.9. The van der Waals surface area contributed by atoms with Crippen LogP contribution in [-0.2, 0) is 38.0 Å². The second kappa shape index (κ2) is 59.8. The normalized spacial score (nSPS) is 13.2. The van der Waals surface area contributed by atoms with Crippen LogP contribution in [0, 0.1) is 0 Å². The third-order valence-electron chi connectivity index (χ3n) is 21.5. The molecule has 0 saturated heterocycles. The molecular formula is C110H160O26. The lowest BCUT2D eigenvalue weighted by Crippen LogP contribution is -2.28. The molecule has 9 atom stereocenters. The first-order valence-corrected chi connectivity index (χ1v) is 47.4. The summed E-state index contributed by atoms with van der Waals surface area (Å²) in [4.78, 5) is 59.4. The lowest BCUT2D eigenvalue weighted by atomic mass is 9.98. The fourth-order valence-corrected chi connectivity index (χ4v) is 11.9. The highest BCUT2D eigenvalue weighted by atomic mass is 16.8. The van der Waals surface area contributed by atoms with E-state index in [4.69, 9.17) is 86.7 Å². The van der Waals surface area contributed by atoms with Crippen molar-refractivity contribution < 1.29 is 126 Å². The zero-order valence-electron chi connectivity index (χ0n) is 86.7. The summed E-state index contributed by atoms with van der Waals surface area (Å²) in [6.45, 7) is 61.1. The Bertz CT molecular complexity index is 4740. The van der Waals surface area contributed by atoms with Gasteiger partial charge < -0.3 is 102 Å². The summed E-state index contributed by atoms with van der Waals surface area (Å²) >= 11 is 0. The summed E-state index contributed by atoms with van der Waals surface area (Å²) in [5.41, 5.74) is 6.39. The highest BCUT2D eigenvalue weighted by molar-refractivity contribution is 5.73. The van der Waals surface area contributed by atoms with Crippen molar-refractivity contribution in [1.29, 1.82) is 0 Å². The van der Waals surface area contributed by atoms with Crippen molar-refractivity contribution in [3.63, 3.8) is 0 Å². The standard InChI is InChI=1S/C22H34O6.C20H30O6.C17H26O5.C11H14O2.3C10H14O2.C10H14O/c1-9-15(2)16-10-11-17(25-13-19(23)27-21(3,4)5)18(12-16)26-14-20(24)28-22(6,7)8;1-9-13(2)14-10-11-15(23-17(21)25-19(3,4)5)16(12-14)24-18(22)26-20(6,7)8;1-6-12(4)14-9-10-15(22-17(18)20-8-3)16(11-14)21-13(5)19-7-2;1-3-8(2)9-4-5-10-11(6-9)13-7-12-10;3*1-3-7(2)8-4-5-9(11)10(12)6-8;1-3-8(2)9-4-6-10(11)7-5-9/h10-12,15H,9,13-14H2,1-8H3;10-13H,9H2,1-8H3;9-13H,6-8H2,1-5H3;4-6,8H,3,7H2,1-2H3;3*4-7,11-12H,3H2,1-2H3;4-8,11H,3H2,1-2H3. The number of rotatable bonds is 30. The fraction of sp³-hybridized carbons (Fsp3) is 0.518. The van der Waals surface area contributed by atoms with Crippen LogP contribution in [-0.4, -0.2) is 128 Å². The molecule has 136 heavy (non-hydrogen) atoms. The van der Waals surface area contributed by atoms with Gasteiger partial charge in [0.05, 0.1) is 6.61 Å². The molecule has 1 heterocycles. The summed E-state index contributed by atoms with van der Waals surface area (Å²) in [5.74, 6) is 6.11. The van der Waals surface area contributed by atoms with Gasteiger partial charge in [-0.15, -0.1) is 0 Å². The van der Waals surface area contributed by atoms with Gasteiger partial charge in [-0.25, -0.2) is 24.0 Å². The summed E-state index contributed by atoms with van der Waals surface area (Å²) < 4.78 is 74.3. The number of hydrogen-bond acceptors (Lipinski definition) is 26. The minimum Gasteiger partial charge on any atom is -0.508 e. The van der Waals surface area contributed by atoms with Gasteiger partial charge in [-0.1, -0.05) is 165 Å². The number of esters is 2. The molecule has 8 aromatic carbocycles. The Balaban J connectivity index is 0.000000539. The number of carbonyl (C=O) groups is 5. The number of phenolic OH excluding ortho intramolecular Hbond substituents is 7. The van der Waals surface area contributed by atoms with Gasteiger partial charge >= 0.3 is 30.4 Å². The van der Waals surface area contributed by atoms with E-state index in [1.165, 1.54) is 29.3 Å². The second-order valence-electron chi connectivity index (χ2n) is 37.4. The van der Waals surface area contributed by atoms with Crippen LogP contribution in [0.15, 0.2) is 152 Å². The number of fused-ring (bicyclic) bond motifs is 1. The van der Waals surface area contributed by atoms with E-state index in [1.54, 1.807) is 152 Å². The molecule has 8 aromatic rings. The van der Waals surface area contributed by atoms with Crippen molar-refractivity contribution in [2.45, 2.75) is 342 Å². The largest absolute Gasteiger partial charge is 0.514 e. The number of carbonyl (C=O) groups excluding carboxylic acids is 5. The van der Waals surface area contributed by atoms with Crippen LogP contribution in [0.4, 0.5) is 14.4 Å². The molecule has 0 aliphatic carbocycles. The number of ether oxygens (including phenoxy) is 14. The van der Waals surface area contributed by atoms with Crippen LogP contribution in [0.5, 0.6) is 86.2 Å². The predicted octanol–water partition coefficient (Wildman–Crippen LogP) is 28.6. The molecule has 1 aliphatic rings. The topological polar surface area (TPSA) is 356 Å². The van der Waals surface area contributed by atoms with E-state index in [9.17, 15) is 39.3 Å². The minimum atomic E-state index is -0.872. The van der Waals surface area contributed by atoms with Crippen molar-refractivity contribution in [3.05, 3.63) is 196 Å². The molecule has 0 bridgehead atoms. The average Bonchev–Trinajstić information content (AvgIpc) is 1.01. The molecule has 0 aromatic heterocycles. The van der Waals surface area contributed by atoms with Crippen molar-refractivity contribution in [1.82, 2.24) is 0 Å². The van der Waals surface area contributed by atoms with Gasteiger partial charge in [-0.05, 0) is 344 Å². The van der Waals surface area contributed by atoms with Gasteiger partial charge in [0.15, 0.2) is 100.0 Å². The van der Waals surface area contributed by atoms with E-state index < -0.39 is 59.1 Å². The molecule has 9 unspecified atom stereocenters. The van der Waals surface area contributed by atoms with E-state index in [1.807, 2.05) is 73.7 Å². The Morgan fingerprint density at radius 2 is 0.581 bits per heavy atom. The predicted molar refractivity (Wildman–Crippen MR) is 535 cm³/mol. The first-order valence-electron chi connectivity index (χ1n) is 47.4. The number of phenols is 7. The van der Waals surface area contributed by atoms with Crippen LogP contribution in [0.2, 0.25) is 0 Å². The van der Waals surface area contributed by atoms with E-state index in [0.717, 1.165) is 96.2 Å². The maximum Gasteiger partial charge on any atom is 0.514 e. The highest BCUT2D eigenvalue weighted by Crippen LogP contribution is 2.40. The lowest BCUT2D eigenvalue weighted by Gasteiger charge is -2.21. The average molecular weight is 1900 g/mol. The monoisotopic (exact) mass is 1900 g/mol. The number of hydrogen-bond donors (Lipinski definition) is 7. The van der Waals surface area contributed by atoms with Crippen LogP contribution in [0.1, 0.15) is 358 Å². The molecule has 7 N–H and O–H groups in total. The van der Waals surface area contributed by atoms with Gasteiger partial charge in [-0.3, -0.25) is 0 Å². The minimum absolute atomic E-state index is 0.0344. The molecule has 26 nitrogen and oxygen atoms in total. The van der Waals surface area contributed by atoms with Gasteiger partial charge in [0.2, 0.25) is 6.79 Å². The number of benzene rings is 8. The quantitative estimate of drug-likeness (QED) is 0.00723. The Kier molecular flexibility index (Phi) is 52.9. The highest BCUT2D eigenvalue weighted by Gasteiger charge is 2.27. The molecule has 26 heteroatoms. The van der Waals surface area contributed by atoms with Gasteiger partial charge in [0, 0.05) is 6.61 Å². The smallest absolute Gasteiger partial charge is 0.508 e. The molecule has 0 amide bonds. The molecule has 0 saturated carbocycles. The molecule has 1 aliphatic heterocycles. The first-order chi connectivity index (χ1) is 63.6. The molecule has 0 spiro atoms. The molecule has 756 valence electrons. The Hall–Kier alpha value is -11.9. The van der Waals surface area contributed by atoms with Crippen LogP contribution in [0.3, 0.4) is 0 Å². The van der Waals surface area contributed by atoms with E-state index in [0.29, 0.717) is 83.6 Å². The first kappa shape index (κ1) is 120. The van der Waals surface area contributed by atoms with Crippen molar-refractivity contribution in [2.24, 2.45) is 0 Å². The van der Waals surface area contributed by atoms with Gasteiger partial charge in [0.1, 0.15) is 28.2 Å². The third-order valence-corrected chi connectivity index (χ3v) is 21.5. The molecule has 0 radical (unpaired) electrons. The summed E-state index contributed by atoms with van der Waals surface area (Å²) in [7, 11) is 0. The SMILES string of the molecule is CCC(C)c1ccc(O)c(O)c1.CCC(C)c1ccc(O)c(O)c1.CCC(C)c1ccc(O)c(O)c1.CCC(C)c1ccc(O)cc1.CCC(C)c1ccc(OC(=O)OC(C)(C)C)c(OC(=O)OC(C)(C)C)c1.CCC(C)c1ccc(OCC(=O)OC(C)(C)C)c(OCC(=O)OC(C)(C)C)c1.CCC(C)c1ccc2c(c1)OCO2.CCOC(=O)Oc1ccc(C(C)CC)cc1OC(C)OCC. The molecule has 9 rings (SSSR count). The second-order valence-corrected chi connectivity index (χ2v) is 37.4. The Labute approximate surface area is 809 Å². The zero-order chi connectivity index (χ0) is 103. The zero-order valence-corrected chi connectivity index (χ0v) is 86.7. The van der Waals surface area contributed by atoms with Crippen LogP contribution in [0.25, 0.3) is 0 Å². The van der Waals surface area contributed by atoms with Crippen molar-refractivity contribution >= 4 is 30.4 Å².